The van der Waals surface area contributed by atoms with Gasteiger partial charge in [0.25, 0.3) is 5.91 Å². The van der Waals surface area contributed by atoms with E-state index in [2.05, 4.69) is 0 Å². The average Bonchev–Trinajstić information content (AvgIpc) is 2.81. The van der Waals surface area contributed by atoms with E-state index >= 15 is 0 Å². The predicted octanol–water partition coefficient (Wildman–Crippen LogP) is 1.84. The Bertz CT molecular complexity index is 476. The third-order valence-electron chi connectivity index (χ3n) is 3.39. The maximum absolute atomic E-state index is 13.7. The first-order valence-corrected chi connectivity index (χ1v) is 6.01. The Hall–Kier alpha value is -1.49. The highest BCUT2D eigenvalue weighted by atomic mass is 19.1. The van der Waals surface area contributed by atoms with Gasteiger partial charge in [-0.05, 0) is 37.5 Å². The zero-order valence-corrected chi connectivity index (χ0v) is 10.2. The van der Waals surface area contributed by atoms with Gasteiger partial charge in [-0.25, -0.2) is 8.78 Å². The van der Waals surface area contributed by atoms with Crippen LogP contribution in [0.25, 0.3) is 0 Å². The van der Waals surface area contributed by atoms with Gasteiger partial charge < -0.3 is 10.6 Å². The number of likely N-dealkylation sites (tertiary alicyclic amines) is 1. The van der Waals surface area contributed by atoms with Crippen LogP contribution in [0.1, 0.15) is 28.8 Å². The molecule has 1 aliphatic rings. The van der Waals surface area contributed by atoms with Gasteiger partial charge in [-0.3, -0.25) is 4.79 Å². The minimum absolute atomic E-state index is 0.0683. The molecule has 1 aliphatic heterocycles. The van der Waals surface area contributed by atoms with Crippen LogP contribution in [-0.4, -0.2) is 29.9 Å². The van der Waals surface area contributed by atoms with Crippen LogP contribution < -0.4 is 5.73 Å². The van der Waals surface area contributed by atoms with Crippen LogP contribution in [-0.2, 0) is 0 Å². The molecule has 1 atom stereocenters. The van der Waals surface area contributed by atoms with Crippen molar-refractivity contribution in [3.63, 3.8) is 0 Å². The second kappa shape index (κ2) is 5.02. The first-order valence-electron chi connectivity index (χ1n) is 6.01. The molecule has 0 radical (unpaired) electrons. The van der Waals surface area contributed by atoms with E-state index in [0.29, 0.717) is 13.1 Å². The summed E-state index contributed by atoms with van der Waals surface area (Å²) < 4.78 is 27.1. The molecule has 98 valence electrons. The lowest BCUT2D eigenvalue weighted by atomic mass is 10.1. The molecular formula is C13H16F2N2O. The Labute approximate surface area is 105 Å². The van der Waals surface area contributed by atoms with Crippen LogP contribution in [0.3, 0.4) is 0 Å². The number of aryl methyl sites for hydroxylation is 1. The summed E-state index contributed by atoms with van der Waals surface area (Å²) in [5.41, 5.74) is 5.56. The third kappa shape index (κ3) is 2.22. The fourth-order valence-corrected chi connectivity index (χ4v) is 2.31. The molecule has 2 N–H and O–H groups in total. The standard InChI is InChI=1S/C13H16F2N2O/c1-8-5-12(15)10(6-11(8)14)13(18)17-4-2-3-9(17)7-16/h5-6,9H,2-4,7,16H2,1H3/t9-/m0/s1. The van der Waals surface area contributed by atoms with Crippen LogP contribution in [0, 0.1) is 18.6 Å². The molecule has 1 aromatic rings. The summed E-state index contributed by atoms with van der Waals surface area (Å²) in [5.74, 6) is -1.72. The zero-order valence-electron chi connectivity index (χ0n) is 10.2. The number of nitrogens with zero attached hydrogens (tertiary/aromatic N) is 1. The molecule has 1 saturated heterocycles. The maximum Gasteiger partial charge on any atom is 0.257 e. The van der Waals surface area contributed by atoms with E-state index < -0.39 is 17.5 Å². The van der Waals surface area contributed by atoms with E-state index in [1.807, 2.05) is 0 Å². The van der Waals surface area contributed by atoms with Gasteiger partial charge in [0.2, 0.25) is 0 Å². The number of benzene rings is 1. The van der Waals surface area contributed by atoms with E-state index in [4.69, 9.17) is 5.73 Å². The summed E-state index contributed by atoms with van der Waals surface area (Å²) >= 11 is 0. The highest BCUT2D eigenvalue weighted by Gasteiger charge is 2.30. The molecular weight excluding hydrogens is 238 g/mol. The van der Waals surface area contributed by atoms with Gasteiger partial charge in [0.1, 0.15) is 11.6 Å². The van der Waals surface area contributed by atoms with E-state index in [1.165, 1.54) is 11.8 Å². The van der Waals surface area contributed by atoms with Crippen molar-refractivity contribution >= 4 is 5.91 Å². The van der Waals surface area contributed by atoms with Crippen LogP contribution in [0.5, 0.6) is 0 Å². The summed E-state index contributed by atoms with van der Waals surface area (Å²) in [6.07, 6.45) is 1.67. The molecule has 0 saturated carbocycles. The van der Waals surface area contributed by atoms with Gasteiger partial charge in [0.05, 0.1) is 5.56 Å². The number of amides is 1. The largest absolute Gasteiger partial charge is 0.334 e. The van der Waals surface area contributed by atoms with Crippen molar-refractivity contribution in [3.8, 4) is 0 Å². The van der Waals surface area contributed by atoms with Crippen molar-refractivity contribution < 1.29 is 13.6 Å². The fourth-order valence-electron chi connectivity index (χ4n) is 2.31. The summed E-state index contributed by atoms with van der Waals surface area (Å²) in [6.45, 7) is 2.36. The molecule has 3 nitrogen and oxygen atoms in total. The smallest absolute Gasteiger partial charge is 0.257 e. The molecule has 0 aliphatic carbocycles. The fraction of sp³-hybridized carbons (Fsp3) is 0.462. The number of rotatable bonds is 2. The third-order valence-corrected chi connectivity index (χ3v) is 3.39. The Kier molecular flexibility index (Phi) is 3.61. The lowest BCUT2D eigenvalue weighted by molar-refractivity contribution is 0.0736. The second-order valence-electron chi connectivity index (χ2n) is 4.61. The molecule has 1 heterocycles. The maximum atomic E-state index is 13.7. The first kappa shape index (κ1) is 13.0. The van der Waals surface area contributed by atoms with Crippen molar-refractivity contribution in [1.82, 2.24) is 4.90 Å². The van der Waals surface area contributed by atoms with Gasteiger partial charge in [0, 0.05) is 19.1 Å². The second-order valence-corrected chi connectivity index (χ2v) is 4.61. The van der Waals surface area contributed by atoms with Gasteiger partial charge in [-0.15, -0.1) is 0 Å². The predicted molar refractivity (Wildman–Crippen MR) is 64.2 cm³/mol. The minimum Gasteiger partial charge on any atom is -0.334 e. The summed E-state index contributed by atoms with van der Waals surface area (Å²) in [5, 5.41) is 0. The number of carbonyl (C=O) groups excluding carboxylic acids is 1. The number of halogens is 2. The molecule has 5 heteroatoms. The number of hydrogen-bond acceptors (Lipinski definition) is 2. The highest BCUT2D eigenvalue weighted by Crippen LogP contribution is 2.22. The molecule has 2 rings (SSSR count). The van der Waals surface area contributed by atoms with E-state index in [1.54, 1.807) is 0 Å². The van der Waals surface area contributed by atoms with Crippen LogP contribution in [0.4, 0.5) is 8.78 Å². The molecule has 0 aromatic heterocycles. The molecule has 1 aromatic carbocycles. The van der Waals surface area contributed by atoms with Gasteiger partial charge in [0.15, 0.2) is 0 Å². The number of nitrogens with two attached hydrogens (primary N) is 1. The van der Waals surface area contributed by atoms with E-state index in [0.717, 1.165) is 25.0 Å². The van der Waals surface area contributed by atoms with E-state index in [9.17, 15) is 13.6 Å². The van der Waals surface area contributed by atoms with Crippen LogP contribution in [0.15, 0.2) is 12.1 Å². The molecule has 0 bridgehead atoms. The molecule has 18 heavy (non-hydrogen) atoms. The summed E-state index contributed by atoms with van der Waals surface area (Å²) in [7, 11) is 0. The Morgan fingerprint density at radius 2 is 2.17 bits per heavy atom. The number of hydrogen-bond donors (Lipinski definition) is 1. The molecule has 1 fully saturated rings. The zero-order chi connectivity index (χ0) is 13.3. The van der Waals surface area contributed by atoms with Crippen molar-refractivity contribution in [3.05, 3.63) is 34.9 Å². The summed E-state index contributed by atoms with van der Waals surface area (Å²) in [6, 6.07) is 1.95. The SMILES string of the molecule is Cc1cc(F)c(C(=O)N2CCC[C@H]2CN)cc1F. The monoisotopic (exact) mass is 254 g/mol. The van der Waals surface area contributed by atoms with Crippen LogP contribution >= 0.6 is 0 Å². The Balaban J connectivity index is 2.31. The topological polar surface area (TPSA) is 46.3 Å². The van der Waals surface area contributed by atoms with Crippen molar-refractivity contribution in [2.45, 2.75) is 25.8 Å². The lowest BCUT2D eigenvalue weighted by Crippen LogP contribution is -2.40. The Morgan fingerprint density at radius 1 is 1.44 bits per heavy atom. The average molecular weight is 254 g/mol. The number of carbonyl (C=O) groups is 1. The van der Waals surface area contributed by atoms with E-state index in [-0.39, 0.29) is 17.2 Å². The molecule has 1 amide bonds. The first-order chi connectivity index (χ1) is 8.54. The quantitative estimate of drug-likeness (QED) is 0.875. The summed E-state index contributed by atoms with van der Waals surface area (Å²) in [4.78, 5) is 13.7. The minimum atomic E-state index is -0.679. The highest BCUT2D eigenvalue weighted by molar-refractivity contribution is 5.95. The van der Waals surface area contributed by atoms with Gasteiger partial charge >= 0.3 is 0 Å². The van der Waals surface area contributed by atoms with Crippen molar-refractivity contribution in [2.24, 2.45) is 5.73 Å². The molecule has 0 spiro atoms. The van der Waals surface area contributed by atoms with Crippen LogP contribution in [0.2, 0.25) is 0 Å². The lowest BCUT2D eigenvalue weighted by Gasteiger charge is -2.23. The van der Waals surface area contributed by atoms with Gasteiger partial charge in [-0.2, -0.15) is 0 Å². The van der Waals surface area contributed by atoms with Crippen molar-refractivity contribution in [1.29, 1.82) is 0 Å². The normalized spacial score (nSPS) is 19.3. The Morgan fingerprint density at radius 3 is 2.83 bits per heavy atom. The van der Waals surface area contributed by atoms with Gasteiger partial charge in [-0.1, -0.05) is 0 Å². The van der Waals surface area contributed by atoms with Crippen molar-refractivity contribution in [2.75, 3.05) is 13.1 Å². The molecule has 0 unspecified atom stereocenters.